The van der Waals surface area contributed by atoms with Crippen molar-refractivity contribution in [1.29, 1.82) is 0 Å². The van der Waals surface area contributed by atoms with Crippen molar-refractivity contribution in [1.82, 2.24) is 15.5 Å². The highest BCUT2D eigenvalue weighted by Crippen LogP contribution is 2.21. The second-order valence-corrected chi connectivity index (χ2v) is 8.98. The predicted molar refractivity (Wildman–Crippen MR) is 141 cm³/mol. The Labute approximate surface area is 207 Å². The van der Waals surface area contributed by atoms with Crippen molar-refractivity contribution in [2.45, 2.75) is 31.7 Å². The van der Waals surface area contributed by atoms with E-state index < -0.39 is 12.1 Å². The average Bonchev–Trinajstić information content (AvgIpc) is 3.41. The van der Waals surface area contributed by atoms with Gasteiger partial charge in [0.05, 0.1) is 0 Å². The largest absolute Gasteiger partial charge is 0.354 e. The maximum Gasteiger partial charge on any atom is 0.319 e. The Hall–Kier alpha value is -3.64. The first-order valence-corrected chi connectivity index (χ1v) is 12.4. The van der Waals surface area contributed by atoms with Gasteiger partial charge < -0.3 is 20.9 Å². The molecule has 6 nitrogen and oxygen atoms in total. The maximum atomic E-state index is 13.0. The van der Waals surface area contributed by atoms with E-state index in [0.29, 0.717) is 18.7 Å². The van der Waals surface area contributed by atoms with E-state index in [-0.39, 0.29) is 5.91 Å². The van der Waals surface area contributed by atoms with Crippen LogP contribution in [0.5, 0.6) is 0 Å². The van der Waals surface area contributed by atoms with Crippen molar-refractivity contribution in [3.63, 3.8) is 0 Å². The van der Waals surface area contributed by atoms with E-state index in [1.807, 2.05) is 84.9 Å². The molecule has 3 amide bonds. The molecule has 1 aliphatic rings. The molecule has 35 heavy (non-hydrogen) atoms. The van der Waals surface area contributed by atoms with Gasteiger partial charge in [-0.15, -0.1) is 0 Å². The molecular weight excluding hydrogens is 436 g/mol. The Morgan fingerprint density at radius 1 is 0.800 bits per heavy atom. The highest BCUT2D eigenvalue weighted by Gasteiger charge is 2.21. The van der Waals surface area contributed by atoms with Gasteiger partial charge in [-0.05, 0) is 67.7 Å². The lowest BCUT2D eigenvalue weighted by Crippen LogP contribution is -2.49. The predicted octanol–water partition coefficient (Wildman–Crippen LogP) is 4.69. The van der Waals surface area contributed by atoms with Gasteiger partial charge in [0.2, 0.25) is 5.91 Å². The number of nitrogens with zero attached hydrogens (tertiary/aromatic N) is 1. The topological polar surface area (TPSA) is 73.5 Å². The van der Waals surface area contributed by atoms with Crippen molar-refractivity contribution in [2.75, 3.05) is 31.5 Å². The van der Waals surface area contributed by atoms with Gasteiger partial charge in [0.1, 0.15) is 6.04 Å². The van der Waals surface area contributed by atoms with Gasteiger partial charge in [-0.1, -0.05) is 72.8 Å². The lowest BCUT2D eigenvalue weighted by molar-refractivity contribution is -0.122. The molecule has 1 atom stereocenters. The van der Waals surface area contributed by atoms with E-state index in [1.54, 1.807) is 0 Å². The molecule has 1 fully saturated rings. The Morgan fingerprint density at radius 3 is 2.11 bits per heavy atom. The summed E-state index contributed by atoms with van der Waals surface area (Å²) in [5, 5.41) is 8.74. The zero-order chi connectivity index (χ0) is 24.3. The summed E-state index contributed by atoms with van der Waals surface area (Å²) < 4.78 is 0. The van der Waals surface area contributed by atoms with Crippen molar-refractivity contribution in [3.05, 3.63) is 90.5 Å². The van der Waals surface area contributed by atoms with Gasteiger partial charge in [-0.3, -0.25) is 4.79 Å². The molecule has 0 aliphatic carbocycles. The third kappa shape index (κ3) is 7.69. The molecule has 0 bridgehead atoms. The van der Waals surface area contributed by atoms with Crippen molar-refractivity contribution >= 4 is 17.6 Å². The molecule has 4 rings (SSSR count). The van der Waals surface area contributed by atoms with E-state index in [2.05, 4.69) is 20.9 Å². The SMILES string of the molecule is O=C(Nc1ccc(-c2ccccc2)cc1)N[C@@H](Cc1ccccc1)C(=O)NCCCN1CCCC1. The van der Waals surface area contributed by atoms with E-state index in [1.165, 1.54) is 12.8 Å². The standard InChI is InChI=1S/C29H34N4O2/c34-28(30-18-9-21-33-19-7-8-20-33)27(22-23-10-3-1-4-11-23)32-29(35)31-26-16-14-25(15-17-26)24-12-5-2-6-13-24/h1-6,10-17,27H,7-9,18-22H2,(H,30,34)(H2,31,32,35)/t27-/m0/s1. The second-order valence-electron chi connectivity index (χ2n) is 8.98. The summed E-state index contributed by atoms with van der Waals surface area (Å²) in [6, 6.07) is 26.5. The van der Waals surface area contributed by atoms with E-state index in [0.717, 1.165) is 42.7 Å². The van der Waals surface area contributed by atoms with Crippen LogP contribution in [0, 0.1) is 0 Å². The number of benzene rings is 3. The number of anilines is 1. The van der Waals surface area contributed by atoms with E-state index >= 15 is 0 Å². The molecule has 6 heteroatoms. The van der Waals surface area contributed by atoms with Crippen LogP contribution in [0.3, 0.4) is 0 Å². The molecule has 1 aliphatic heterocycles. The fourth-order valence-electron chi connectivity index (χ4n) is 4.40. The summed E-state index contributed by atoms with van der Waals surface area (Å²) in [6.45, 7) is 3.90. The van der Waals surface area contributed by atoms with Gasteiger partial charge in [-0.2, -0.15) is 0 Å². The van der Waals surface area contributed by atoms with Gasteiger partial charge in [-0.25, -0.2) is 4.79 Å². The summed E-state index contributed by atoms with van der Waals surface area (Å²) in [6.07, 6.45) is 3.86. The highest BCUT2D eigenvalue weighted by atomic mass is 16.2. The third-order valence-corrected chi connectivity index (χ3v) is 6.30. The molecular formula is C29H34N4O2. The average molecular weight is 471 g/mol. The Morgan fingerprint density at radius 2 is 1.43 bits per heavy atom. The van der Waals surface area contributed by atoms with Crippen LogP contribution in [-0.2, 0) is 11.2 Å². The fourth-order valence-corrected chi connectivity index (χ4v) is 4.40. The molecule has 1 saturated heterocycles. The van der Waals surface area contributed by atoms with Gasteiger partial charge >= 0.3 is 6.03 Å². The van der Waals surface area contributed by atoms with Crippen LogP contribution < -0.4 is 16.0 Å². The first-order chi connectivity index (χ1) is 17.2. The maximum absolute atomic E-state index is 13.0. The molecule has 182 valence electrons. The Bertz CT molecular complexity index is 1060. The van der Waals surface area contributed by atoms with Crippen LogP contribution in [-0.4, -0.2) is 49.1 Å². The molecule has 1 heterocycles. The van der Waals surface area contributed by atoms with Crippen LogP contribution >= 0.6 is 0 Å². The lowest BCUT2D eigenvalue weighted by atomic mass is 10.1. The van der Waals surface area contributed by atoms with Crippen LogP contribution in [0.25, 0.3) is 11.1 Å². The molecule has 0 radical (unpaired) electrons. The fraction of sp³-hybridized carbons (Fsp3) is 0.310. The second kappa shape index (κ2) is 12.7. The number of carbonyl (C=O) groups is 2. The summed E-state index contributed by atoms with van der Waals surface area (Å²) in [5.74, 6) is -0.162. The molecule has 0 spiro atoms. The number of urea groups is 1. The zero-order valence-corrected chi connectivity index (χ0v) is 20.1. The highest BCUT2D eigenvalue weighted by molar-refractivity contribution is 5.94. The smallest absolute Gasteiger partial charge is 0.319 e. The molecule has 0 aromatic heterocycles. The van der Waals surface area contributed by atoms with Crippen LogP contribution in [0.1, 0.15) is 24.8 Å². The van der Waals surface area contributed by atoms with Crippen molar-refractivity contribution < 1.29 is 9.59 Å². The van der Waals surface area contributed by atoms with Gasteiger partial charge in [0.15, 0.2) is 0 Å². The molecule has 3 aromatic rings. The number of nitrogens with one attached hydrogen (secondary N) is 3. The van der Waals surface area contributed by atoms with Crippen LogP contribution in [0.4, 0.5) is 10.5 Å². The van der Waals surface area contributed by atoms with Gasteiger partial charge in [0, 0.05) is 18.7 Å². The molecule has 0 unspecified atom stereocenters. The summed E-state index contributed by atoms with van der Waals surface area (Å²) in [7, 11) is 0. The summed E-state index contributed by atoms with van der Waals surface area (Å²) in [4.78, 5) is 28.2. The van der Waals surface area contributed by atoms with Crippen LogP contribution in [0.2, 0.25) is 0 Å². The summed E-state index contributed by atoms with van der Waals surface area (Å²) >= 11 is 0. The number of likely N-dealkylation sites (tertiary alicyclic amines) is 1. The number of amides is 3. The van der Waals surface area contributed by atoms with E-state index in [4.69, 9.17) is 0 Å². The Balaban J connectivity index is 1.32. The first kappa shape index (κ1) is 24.5. The monoisotopic (exact) mass is 470 g/mol. The minimum absolute atomic E-state index is 0.162. The number of carbonyl (C=O) groups excluding carboxylic acids is 2. The molecule has 0 saturated carbocycles. The van der Waals surface area contributed by atoms with E-state index in [9.17, 15) is 9.59 Å². The minimum atomic E-state index is -0.659. The molecule has 3 N–H and O–H groups in total. The number of rotatable bonds is 10. The quantitative estimate of drug-likeness (QED) is 0.377. The Kier molecular flexibility index (Phi) is 8.90. The number of hydrogen-bond donors (Lipinski definition) is 3. The third-order valence-electron chi connectivity index (χ3n) is 6.30. The molecule has 3 aromatic carbocycles. The first-order valence-electron chi connectivity index (χ1n) is 12.4. The summed E-state index contributed by atoms with van der Waals surface area (Å²) in [5.41, 5.74) is 3.86. The number of hydrogen-bond acceptors (Lipinski definition) is 3. The van der Waals surface area contributed by atoms with Gasteiger partial charge in [0.25, 0.3) is 0 Å². The minimum Gasteiger partial charge on any atom is -0.354 e. The van der Waals surface area contributed by atoms with Crippen molar-refractivity contribution in [3.8, 4) is 11.1 Å². The van der Waals surface area contributed by atoms with Crippen LogP contribution in [0.15, 0.2) is 84.9 Å². The lowest BCUT2D eigenvalue weighted by Gasteiger charge is -2.20. The van der Waals surface area contributed by atoms with Crippen molar-refractivity contribution in [2.24, 2.45) is 0 Å². The zero-order valence-electron chi connectivity index (χ0n) is 20.1. The normalized spacial score (nSPS) is 14.3.